The summed E-state index contributed by atoms with van der Waals surface area (Å²) in [6.07, 6.45) is 7.02. The number of aliphatic hydroxyl groups is 1. The summed E-state index contributed by atoms with van der Waals surface area (Å²) >= 11 is 0. The molecule has 5 rings (SSSR count). The fraction of sp³-hybridized carbons (Fsp3) is 0.625. The van der Waals surface area contributed by atoms with Crippen molar-refractivity contribution in [1.29, 1.82) is 0 Å². The van der Waals surface area contributed by atoms with E-state index in [4.69, 9.17) is 10.7 Å². The summed E-state index contributed by atoms with van der Waals surface area (Å²) in [5.41, 5.74) is 9.40. The van der Waals surface area contributed by atoms with Gasteiger partial charge < -0.3 is 16.2 Å². The Morgan fingerprint density at radius 3 is 2.91 bits per heavy atom. The third-order valence-corrected chi connectivity index (χ3v) is 5.86. The van der Waals surface area contributed by atoms with Crippen LogP contribution >= 0.6 is 0 Å². The van der Waals surface area contributed by atoms with Crippen LogP contribution in [-0.4, -0.2) is 38.4 Å². The number of nitrogens with two attached hydrogens (primary N) is 1. The minimum atomic E-state index is 0.128. The van der Waals surface area contributed by atoms with Crippen LogP contribution in [0.25, 0.3) is 5.65 Å². The van der Waals surface area contributed by atoms with Crippen LogP contribution in [0.15, 0.2) is 12.3 Å². The highest BCUT2D eigenvalue weighted by atomic mass is 16.3. The van der Waals surface area contributed by atoms with Gasteiger partial charge in [0.25, 0.3) is 0 Å². The summed E-state index contributed by atoms with van der Waals surface area (Å²) < 4.78 is 1.92. The molecule has 2 aromatic heterocycles. The van der Waals surface area contributed by atoms with Crippen molar-refractivity contribution in [2.75, 3.05) is 11.9 Å². The van der Waals surface area contributed by atoms with E-state index in [1.54, 1.807) is 6.20 Å². The molecule has 0 aliphatic heterocycles. The molecule has 2 fully saturated rings. The van der Waals surface area contributed by atoms with Crippen molar-refractivity contribution in [2.45, 2.75) is 49.6 Å². The van der Waals surface area contributed by atoms with E-state index < -0.39 is 0 Å². The van der Waals surface area contributed by atoms with Crippen LogP contribution in [0, 0.1) is 5.92 Å². The molecular weight excluding hydrogens is 278 g/mol. The molecule has 2 aromatic rings. The van der Waals surface area contributed by atoms with Crippen molar-refractivity contribution < 1.29 is 5.11 Å². The Hall–Kier alpha value is -1.66. The maximum Gasteiger partial charge on any atom is 0.157 e. The van der Waals surface area contributed by atoms with Gasteiger partial charge in [-0.05, 0) is 38.0 Å². The number of nitrogens with one attached hydrogen (secondary N) is 1. The van der Waals surface area contributed by atoms with Crippen molar-refractivity contribution in [1.82, 2.24) is 14.6 Å². The van der Waals surface area contributed by atoms with E-state index in [2.05, 4.69) is 10.4 Å². The summed E-state index contributed by atoms with van der Waals surface area (Å²) in [4.78, 5) is 4.88. The second-order valence-corrected chi connectivity index (χ2v) is 7.20. The van der Waals surface area contributed by atoms with Gasteiger partial charge in [0.15, 0.2) is 5.65 Å². The maximum atomic E-state index is 9.78. The lowest BCUT2D eigenvalue weighted by atomic mass is 9.87. The Morgan fingerprint density at radius 2 is 2.23 bits per heavy atom. The van der Waals surface area contributed by atoms with Crippen molar-refractivity contribution >= 4 is 11.5 Å². The molecule has 116 valence electrons. The van der Waals surface area contributed by atoms with Gasteiger partial charge in [0.05, 0.1) is 11.9 Å². The van der Waals surface area contributed by atoms with Gasteiger partial charge >= 0.3 is 0 Å². The molecule has 6 nitrogen and oxygen atoms in total. The first-order chi connectivity index (χ1) is 10.7. The predicted molar refractivity (Wildman–Crippen MR) is 82.8 cm³/mol. The molecule has 4 N–H and O–H groups in total. The second kappa shape index (κ2) is 4.20. The molecule has 0 radical (unpaired) electrons. The lowest BCUT2D eigenvalue weighted by Crippen LogP contribution is -2.45. The number of aliphatic hydroxyl groups excluding tert-OH is 1. The first-order valence-electron chi connectivity index (χ1n) is 8.21. The van der Waals surface area contributed by atoms with Crippen molar-refractivity contribution in [2.24, 2.45) is 11.7 Å². The lowest BCUT2D eigenvalue weighted by Gasteiger charge is -2.34. The maximum absolute atomic E-state index is 9.78. The van der Waals surface area contributed by atoms with Crippen LogP contribution in [0.4, 0.5) is 5.82 Å². The van der Waals surface area contributed by atoms with Crippen molar-refractivity contribution in [3.8, 4) is 0 Å². The third kappa shape index (κ3) is 1.57. The summed E-state index contributed by atoms with van der Waals surface area (Å²) in [6, 6.07) is 2.71. The SMILES string of the molecule is NC1CC(Nc2c3c(nc4ccnn24)C2(CC2)C(CO)C3)C1. The Balaban J connectivity index is 1.64. The highest BCUT2D eigenvalue weighted by Crippen LogP contribution is 2.60. The normalized spacial score (nSPS) is 31.3. The fourth-order valence-corrected chi connectivity index (χ4v) is 4.36. The minimum absolute atomic E-state index is 0.128. The Kier molecular flexibility index (Phi) is 2.45. The van der Waals surface area contributed by atoms with Crippen LogP contribution in [0.3, 0.4) is 0 Å². The molecule has 0 aromatic carbocycles. The van der Waals surface area contributed by atoms with E-state index >= 15 is 0 Å². The van der Waals surface area contributed by atoms with Gasteiger partial charge in [-0.3, -0.25) is 0 Å². The zero-order valence-corrected chi connectivity index (χ0v) is 12.5. The monoisotopic (exact) mass is 299 g/mol. The third-order valence-electron chi connectivity index (χ3n) is 5.86. The fourth-order valence-electron chi connectivity index (χ4n) is 4.36. The largest absolute Gasteiger partial charge is 0.396 e. The van der Waals surface area contributed by atoms with Crippen LogP contribution in [0.1, 0.15) is 36.9 Å². The molecule has 3 aliphatic rings. The van der Waals surface area contributed by atoms with E-state index in [1.807, 2.05) is 10.6 Å². The summed E-state index contributed by atoms with van der Waals surface area (Å²) in [6.45, 7) is 0.242. The Labute approximate surface area is 128 Å². The van der Waals surface area contributed by atoms with Gasteiger partial charge in [-0.2, -0.15) is 9.61 Å². The summed E-state index contributed by atoms with van der Waals surface area (Å²) in [5.74, 6) is 1.38. The summed E-state index contributed by atoms with van der Waals surface area (Å²) in [7, 11) is 0. The number of hydrogen-bond donors (Lipinski definition) is 3. The molecule has 0 bridgehead atoms. The Morgan fingerprint density at radius 1 is 1.41 bits per heavy atom. The quantitative estimate of drug-likeness (QED) is 0.781. The van der Waals surface area contributed by atoms with E-state index in [0.717, 1.165) is 43.6 Å². The standard InChI is InChI=1S/C16H21N5O/c17-10-6-11(7-10)19-15-12-5-9(8-22)16(2-3-16)14(12)20-13-1-4-18-21(13)15/h1,4,9-11,19,22H,2-3,5-8,17H2. The van der Waals surface area contributed by atoms with E-state index in [1.165, 1.54) is 11.3 Å². The highest BCUT2D eigenvalue weighted by Gasteiger charge is 2.57. The molecule has 6 heteroatoms. The van der Waals surface area contributed by atoms with Gasteiger partial charge in [-0.25, -0.2) is 4.98 Å². The van der Waals surface area contributed by atoms with Crippen LogP contribution in [0.2, 0.25) is 0 Å². The first-order valence-corrected chi connectivity index (χ1v) is 8.21. The zero-order valence-electron chi connectivity index (χ0n) is 12.5. The van der Waals surface area contributed by atoms with E-state index in [0.29, 0.717) is 18.0 Å². The molecule has 0 amide bonds. The first kappa shape index (κ1) is 12.8. The number of nitrogens with zero attached hydrogens (tertiary/aromatic N) is 3. The lowest BCUT2D eigenvalue weighted by molar-refractivity contribution is 0.204. The highest BCUT2D eigenvalue weighted by molar-refractivity contribution is 5.61. The molecule has 3 aliphatic carbocycles. The van der Waals surface area contributed by atoms with Gasteiger partial charge in [0.2, 0.25) is 0 Å². The van der Waals surface area contributed by atoms with Crippen molar-refractivity contribution in [3.05, 3.63) is 23.5 Å². The van der Waals surface area contributed by atoms with Crippen LogP contribution in [0.5, 0.6) is 0 Å². The zero-order chi connectivity index (χ0) is 14.9. The predicted octanol–water partition coefficient (Wildman–Crippen LogP) is 0.827. The van der Waals surface area contributed by atoms with E-state index in [9.17, 15) is 5.11 Å². The second-order valence-electron chi connectivity index (χ2n) is 7.20. The number of anilines is 1. The average Bonchev–Trinajstić information content (AvgIpc) is 3.02. The number of hydrogen-bond acceptors (Lipinski definition) is 5. The molecule has 2 saturated carbocycles. The minimum Gasteiger partial charge on any atom is -0.396 e. The van der Waals surface area contributed by atoms with Gasteiger partial charge in [0.1, 0.15) is 5.82 Å². The van der Waals surface area contributed by atoms with Gasteiger partial charge in [0, 0.05) is 35.7 Å². The van der Waals surface area contributed by atoms with Crippen LogP contribution < -0.4 is 11.1 Å². The number of fused-ring (bicyclic) bond motifs is 3. The van der Waals surface area contributed by atoms with Crippen molar-refractivity contribution in [3.63, 3.8) is 0 Å². The van der Waals surface area contributed by atoms with E-state index in [-0.39, 0.29) is 12.0 Å². The topological polar surface area (TPSA) is 88.5 Å². The molecular formula is C16H21N5O. The van der Waals surface area contributed by atoms with Gasteiger partial charge in [-0.1, -0.05) is 0 Å². The average molecular weight is 299 g/mol. The molecule has 1 spiro atoms. The molecule has 1 unspecified atom stereocenters. The summed E-state index contributed by atoms with van der Waals surface area (Å²) in [5, 5.41) is 17.9. The molecule has 2 heterocycles. The number of aromatic nitrogens is 3. The number of rotatable bonds is 3. The van der Waals surface area contributed by atoms with Crippen LogP contribution in [-0.2, 0) is 11.8 Å². The molecule has 0 saturated heterocycles. The molecule has 1 atom stereocenters. The molecule has 22 heavy (non-hydrogen) atoms. The smallest absolute Gasteiger partial charge is 0.157 e. The Bertz CT molecular complexity index is 744. The van der Waals surface area contributed by atoms with Gasteiger partial charge in [-0.15, -0.1) is 0 Å².